The van der Waals surface area contributed by atoms with Crippen molar-refractivity contribution in [1.82, 2.24) is 0 Å². The van der Waals surface area contributed by atoms with Crippen molar-refractivity contribution in [1.29, 1.82) is 0 Å². The zero-order valence-corrected chi connectivity index (χ0v) is 15.7. The average molecular weight is 430 g/mol. The molecule has 4 rings (SSSR count). The van der Waals surface area contributed by atoms with Gasteiger partial charge < -0.3 is 0 Å². The summed E-state index contributed by atoms with van der Waals surface area (Å²) < 4.78 is 2.46. The predicted molar refractivity (Wildman–Crippen MR) is 98.3 cm³/mol. The van der Waals surface area contributed by atoms with E-state index in [-0.39, 0.29) is 0 Å². The fraction of sp³-hybridized carbons (Fsp3) is 0.250. The number of halogens is 2. The fourth-order valence-electron chi connectivity index (χ4n) is 2.22. The van der Waals surface area contributed by atoms with Gasteiger partial charge >= 0.3 is 0 Å². The molecule has 0 unspecified atom stereocenters. The minimum Gasteiger partial charge on any atom is -0.152 e. The molecular weight excluding hydrogens is 416 g/mol. The minimum absolute atomic E-state index is 1.04. The lowest BCUT2D eigenvalue weighted by Gasteiger charge is -2.09. The van der Waals surface area contributed by atoms with E-state index in [0.717, 1.165) is 23.0 Å². The van der Waals surface area contributed by atoms with Gasteiger partial charge in [0, 0.05) is 32.0 Å². The van der Waals surface area contributed by atoms with Gasteiger partial charge in [-0.1, -0.05) is 56.1 Å². The summed E-state index contributed by atoms with van der Waals surface area (Å²) in [6.45, 7) is 0. The normalized spacial score (nSPS) is 15.3. The standard InChI is InChI=1S/C16H14Br2S2/c17-15-6-14-10-20-8-12-3-1-2-11(4-12)7-19-9-13(15)5-16(14)18/h1-6H,7-10H2. The third-order valence-corrected chi connectivity index (χ3v) is 6.84. The van der Waals surface area contributed by atoms with Crippen LogP contribution in [0, 0.1) is 0 Å². The Balaban J connectivity index is 1.92. The molecule has 0 saturated carbocycles. The van der Waals surface area contributed by atoms with Gasteiger partial charge in [0.05, 0.1) is 0 Å². The van der Waals surface area contributed by atoms with Crippen LogP contribution in [0.25, 0.3) is 0 Å². The first-order valence-corrected chi connectivity index (χ1v) is 10.3. The number of hydrogen-bond acceptors (Lipinski definition) is 2. The van der Waals surface area contributed by atoms with Crippen LogP contribution in [-0.2, 0) is 23.0 Å². The monoisotopic (exact) mass is 428 g/mol. The van der Waals surface area contributed by atoms with E-state index in [0.29, 0.717) is 0 Å². The molecule has 2 aromatic carbocycles. The molecule has 0 atom stereocenters. The molecular formula is C16H14Br2S2. The molecule has 4 bridgehead atoms. The fourth-order valence-corrected chi connectivity index (χ4v) is 5.60. The van der Waals surface area contributed by atoms with Gasteiger partial charge in [0.15, 0.2) is 0 Å². The van der Waals surface area contributed by atoms with Crippen molar-refractivity contribution in [2.24, 2.45) is 0 Å². The number of benzene rings is 2. The highest BCUT2D eigenvalue weighted by atomic mass is 79.9. The first-order chi connectivity index (χ1) is 9.72. The van der Waals surface area contributed by atoms with Crippen LogP contribution in [0.5, 0.6) is 0 Å². The Labute approximate surface area is 145 Å². The third kappa shape index (κ3) is 3.65. The van der Waals surface area contributed by atoms with Crippen LogP contribution < -0.4 is 0 Å². The highest BCUT2D eigenvalue weighted by Gasteiger charge is 2.09. The SMILES string of the molecule is Brc1cc2c(Br)cc1CSCc1cccc(c1)CSC2. The summed E-state index contributed by atoms with van der Waals surface area (Å²) in [5, 5.41) is 0. The smallest absolute Gasteiger partial charge is 0.0219 e. The highest BCUT2D eigenvalue weighted by molar-refractivity contribution is 9.11. The Morgan fingerprint density at radius 1 is 0.700 bits per heavy atom. The van der Waals surface area contributed by atoms with E-state index < -0.39 is 0 Å². The molecule has 0 radical (unpaired) electrons. The second-order valence-corrected chi connectivity index (χ2v) is 8.52. The summed E-state index contributed by atoms with van der Waals surface area (Å²) in [5.41, 5.74) is 5.59. The first-order valence-electron chi connectivity index (χ1n) is 6.42. The largest absolute Gasteiger partial charge is 0.152 e. The zero-order valence-electron chi connectivity index (χ0n) is 10.9. The number of thioether (sulfide) groups is 2. The Kier molecular flexibility index (Phi) is 5.18. The third-order valence-electron chi connectivity index (χ3n) is 3.26. The van der Waals surface area contributed by atoms with E-state index in [1.54, 1.807) is 0 Å². The molecule has 0 saturated heterocycles. The van der Waals surface area contributed by atoms with Crippen LogP contribution in [0.4, 0.5) is 0 Å². The molecule has 2 aliphatic heterocycles. The molecule has 4 heteroatoms. The van der Waals surface area contributed by atoms with Gasteiger partial charge in [-0.2, -0.15) is 23.5 Å². The minimum atomic E-state index is 1.04. The quantitative estimate of drug-likeness (QED) is 0.475. The maximum Gasteiger partial charge on any atom is 0.0219 e. The van der Waals surface area contributed by atoms with Gasteiger partial charge in [-0.3, -0.25) is 0 Å². The molecule has 0 fully saturated rings. The van der Waals surface area contributed by atoms with E-state index in [9.17, 15) is 0 Å². The number of rotatable bonds is 0. The maximum atomic E-state index is 3.71. The Hall–Kier alpha value is 0.1000. The van der Waals surface area contributed by atoms with Crippen molar-refractivity contribution in [2.75, 3.05) is 0 Å². The summed E-state index contributed by atoms with van der Waals surface area (Å²) in [7, 11) is 0. The lowest BCUT2D eigenvalue weighted by Crippen LogP contribution is -1.90. The van der Waals surface area contributed by atoms with Crippen molar-refractivity contribution < 1.29 is 0 Å². The lowest BCUT2D eigenvalue weighted by molar-refractivity contribution is 1.29. The van der Waals surface area contributed by atoms with Crippen molar-refractivity contribution in [3.8, 4) is 0 Å². The number of hydrogen-bond donors (Lipinski definition) is 0. The van der Waals surface area contributed by atoms with E-state index in [4.69, 9.17) is 0 Å². The molecule has 20 heavy (non-hydrogen) atoms. The summed E-state index contributed by atoms with van der Waals surface area (Å²) in [6.07, 6.45) is 0. The predicted octanol–water partition coefficient (Wildman–Crippen LogP) is 6.39. The molecule has 104 valence electrons. The van der Waals surface area contributed by atoms with Gasteiger partial charge in [0.25, 0.3) is 0 Å². The molecule has 0 amide bonds. The van der Waals surface area contributed by atoms with Crippen LogP contribution in [0.2, 0.25) is 0 Å². The lowest BCUT2D eigenvalue weighted by atomic mass is 10.2. The summed E-state index contributed by atoms with van der Waals surface area (Å²) >= 11 is 11.4. The Bertz CT molecular complexity index is 575. The van der Waals surface area contributed by atoms with Crippen LogP contribution in [0.1, 0.15) is 22.3 Å². The summed E-state index contributed by atoms with van der Waals surface area (Å²) in [6, 6.07) is 13.5. The van der Waals surface area contributed by atoms with Crippen molar-refractivity contribution in [3.63, 3.8) is 0 Å². The maximum absolute atomic E-state index is 3.71. The topological polar surface area (TPSA) is 0 Å². The summed E-state index contributed by atoms with van der Waals surface area (Å²) in [4.78, 5) is 0. The van der Waals surface area contributed by atoms with E-state index in [1.165, 1.54) is 31.2 Å². The molecule has 0 aliphatic carbocycles. The highest BCUT2D eigenvalue weighted by Crippen LogP contribution is 2.33. The second kappa shape index (κ2) is 6.91. The molecule has 0 N–H and O–H groups in total. The van der Waals surface area contributed by atoms with Crippen LogP contribution in [-0.4, -0.2) is 0 Å². The van der Waals surface area contributed by atoms with Gasteiger partial charge in [-0.05, 0) is 34.4 Å². The van der Waals surface area contributed by atoms with E-state index in [2.05, 4.69) is 68.3 Å². The van der Waals surface area contributed by atoms with Gasteiger partial charge in [0.1, 0.15) is 0 Å². The molecule has 0 aromatic heterocycles. The van der Waals surface area contributed by atoms with Gasteiger partial charge in [-0.15, -0.1) is 0 Å². The zero-order chi connectivity index (χ0) is 13.9. The first kappa shape index (κ1) is 15.0. The van der Waals surface area contributed by atoms with E-state index in [1.807, 2.05) is 23.5 Å². The Morgan fingerprint density at radius 2 is 1.20 bits per heavy atom. The number of fused-ring (bicyclic) bond motifs is 6. The van der Waals surface area contributed by atoms with Crippen LogP contribution in [0.3, 0.4) is 0 Å². The van der Waals surface area contributed by atoms with Crippen LogP contribution >= 0.6 is 55.4 Å². The second-order valence-electron chi connectivity index (χ2n) is 4.84. The van der Waals surface area contributed by atoms with Gasteiger partial charge in [-0.25, -0.2) is 0 Å². The van der Waals surface area contributed by atoms with Crippen molar-refractivity contribution in [2.45, 2.75) is 23.0 Å². The van der Waals surface area contributed by atoms with Crippen molar-refractivity contribution in [3.05, 3.63) is 67.6 Å². The average Bonchev–Trinajstić information content (AvgIpc) is 2.44. The van der Waals surface area contributed by atoms with Gasteiger partial charge in [0.2, 0.25) is 0 Å². The molecule has 0 nitrogen and oxygen atoms in total. The molecule has 2 aromatic rings. The van der Waals surface area contributed by atoms with Crippen molar-refractivity contribution >= 4 is 55.4 Å². The molecule has 0 spiro atoms. The Morgan fingerprint density at radius 3 is 1.70 bits per heavy atom. The molecule has 2 aliphatic rings. The van der Waals surface area contributed by atoms with E-state index >= 15 is 0 Å². The van der Waals surface area contributed by atoms with Crippen LogP contribution in [0.15, 0.2) is 45.3 Å². The summed E-state index contributed by atoms with van der Waals surface area (Å²) in [5.74, 6) is 4.22. The molecule has 2 heterocycles.